The van der Waals surface area contributed by atoms with Crippen molar-refractivity contribution in [1.29, 1.82) is 0 Å². The fraction of sp³-hybridized carbons (Fsp3) is 0.185. The molecule has 7 heteroatoms. The van der Waals surface area contributed by atoms with Crippen LogP contribution >= 0.6 is 0 Å². The number of nitrogens with zero attached hydrogens (tertiary/aromatic N) is 1. The highest BCUT2D eigenvalue weighted by molar-refractivity contribution is 6.51. The van der Waals surface area contributed by atoms with Crippen LogP contribution in [-0.4, -0.2) is 21.9 Å². The molecule has 1 unspecified atom stereocenters. The number of phenolic OH excluding ortho intramolecular Hbond substituents is 1. The standard InChI is InChI=1S/C27H21F2NO4/c28-21-11-10-19(14-22(21)29)30-24(17-6-3-7-20(31)13-17)23(26(33)27(30)34)25(32)18-9-8-15-4-1-2-5-16(15)12-18/h3,6-14,24,31-32H,1-2,4-5H2/b25-23-. The molecule has 2 aliphatic rings. The summed E-state index contributed by atoms with van der Waals surface area (Å²) in [6, 6.07) is 13.1. The van der Waals surface area contributed by atoms with Crippen LogP contribution in [0, 0.1) is 11.6 Å². The van der Waals surface area contributed by atoms with Gasteiger partial charge in [0.2, 0.25) is 0 Å². The van der Waals surface area contributed by atoms with Gasteiger partial charge in [0.25, 0.3) is 11.7 Å². The summed E-state index contributed by atoms with van der Waals surface area (Å²) >= 11 is 0. The Labute approximate surface area is 194 Å². The highest BCUT2D eigenvalue weighted by Gasteiger charge is 2.47. The van der Waals surface area contributed by atoms with Crippen molar-refractivity contribution in [2.75, 3.05) is 4.90 Å². The molecule has 34 heavy (non-hydrogen) atoms. The van der Waals surface area contributed by atoms with Crippen molar-refractivity contribution >= 4 is 23.1 Å². The van der Waals surface area contributed by atoms with Gasteiger partial charge in [-0.1, -0.05) is 24.3 Å². The first-order chi connectivity index (χ1) is 16.3. The second-order valence-corrected chi connectivity index (χ2v) is 8.55. The first-order valence-electron chi connectivity index (χ1n) is 11.0. The third kappa shape index (κ3) is 3.63. The normalized spacial score (nSPS) is 19.4. The summed E-state index contributed by atoms with van der Waals surface area (Å²) in [4.78, 5) is 27.3. The number of ketones is 1. The Morgan fingerprint density at radius 2 is 1.65 bits per heavy atom. The summed E-state index contributed by atoms with van der Waals surface area (Å²) in [5, 5.41) is 21.3. The average molecular weight is 461 g/mol. The molecule has 1 heterocycles. The molecule has 172 valence electrons. The van der Waals surface area contributed by atoms with E-state index < -0.39 is 29.4 Å². The van der Waals surface area contributed by atoms with Gasteiger partial charge in [0.05, 0.1) is 11.6 Å². The van der Waals surface area contributed by atoms with Gasteiger partial charge in [0, 0.05) is 17.3 Å². The third-order valence-corrected chi connectivity index (χ3v) is 6.43. The Bertz CT molecular complexity index is 1360. The second-order valence-electron chi connectivity index (χ2n) is 8.55. The number of amides is 1. The molecule has 3 aromatic rings. The maximum atomic E-state index is 14.0. The van der Waals surface area contributed by atoms with Gasteiger partial charge in [-0.25, -0.2) is 8.78 Å². The maximum Gasteiger partial charge on any atom is 0.300 e. The van der Waals surface area contributed by atoms with Crippen LogP contribution in [0.4, 0.5) is 14.5 Å². The number of aliphatic hydroxyl groups is 1. The van der Waals surface area contributed by atoms with Crippen LogP contribution in [0.25, 0.3) is 5.76 Å². The number of carbonyl (C=O) groups is 2. The fourth-order valence-electron chi connectivity index (χ4n) is 4.78. The lowest BCUT2D eigenvalue weighted by atomic mass is 9.88. The Morgan fingerprint density at radius 3 is 2.38 bits per heavy atom. The number of rotatable bonds is 3. The zero-order valence-corrected chi connectivity index (χ0v) is 18.1. The summed E-state index contributed by atoms with van der Waals surface area (Å²) in [5.74, 6) is -4.67. The van der Waals surface area contributed by atoms with Gasteiger partial charge < -0.3 is 10.2 Å². The molecule has 0 radical (unpaired) electrons. The van der Waals surface area contributed by atoms with E-state index >= 15 is 0 Å². The number of fused-ring (bicyclic) bond motifs is 1. The number of anilines is 1. The summed E-state index contributed by atoms with van der Waals surface area (Å²) in [5.41, 5.74) is 2.78. The van der Waals surface area contributed by atoms with Crippen LogP contribution < -0.4 is 4.90 Å². The lowest BCUT2D eigenvalue weighted by Gasteiger charge is -2.25. The van der Waals surface area contributed by atoms with E-state index in [0.29, 0.717) is 11.1 Å². The van der Waals surface area contributed by atoms with E-state index in [-0.39, 0.29) is 22.8 Å². The number of aliphatic hydroxyl groups excluding tert-OH is 1. The van der Waals surface area contributed by atoms with Crippen LogP contribution in [0.3, 0.4) is 0 Å². The smallest absolute Gasteiger partial charge is 0.300 e. The Balaban J connectivity index is 1.71. The summed E-state index contributed by atoms with van der Waals surface area (Å²) in [6.45, 7) is 0. The molecular weight excluding hydrogens is 440 g/mol. The van der Waals surface area contributed by atoms with Crippen molar-refractivity contribution in [2.45, 2.75) is 31.7 Å². The van der Waals surface area contributed by atoms with Crippen molar-refractivity contribution in [3.8, 4) is 5.75 Å². The zero-order chi connectivity index (χ0) is 24.0. The molecule has 1 aliphatic heterocycles. The fourth-order valence-corrected chi connectivity index (χ4v) is 4.78. The first kappa shape index (κ1) is 21.8. The number of hydrogen-bond donors (Lipinski definition) is 2. The molecule has 0 spiro atoms. The van der Waals surface area contributed by atoms with Crippen LogP contribution in [0.2, 0.25) is 0 Å². The molecule has 0 saturated carbocycles. The van der Waals surface area contributed by atoms with E-state index in [4.69, 9.17) is 0 Å². The number of Topliss-reactive ketones (excluding diaryl/α,β-unsaturated/α-hetero) is 1. The van der Waals surface area contributed by atoms with Crippen molar-refractivity contribution in [3.63, 3.8) is 0 Å². The number of halogens is 2. The minimum absolute atomic E-state index is 0.0427. The Morgan fingerprint density at radius 1 is 0.882 bits per heavy atom. The minimum Gasteiger partial charge on any atom is -0.508 e. The number of phenols is 1. The van der Waals surface area contributed by atoms with Gasteiger partial charge >= 0.3 is 0 Å². The monoisotopic (exact) mass is 461 g/mol. The largest absolute Gasteiger partial charge is 0.508 e. The number of aromatic hydroxyl groups is 1. The van der Waals surface area contributed by atoms with E-state index in [1.165, 1.54) is 29.8 Å². The number of aryl methyl sites for hydroxylation is 2. The SMILES string of the molecule is O=C1C(=O)N(c2ccc(F)c(F)c2)C(c2cccc(O)c2)/C1=C(/O)c1ccc2c(c1)CCCC2. The van der Waals surface area contributed by atoms with Crippen LogP contribution in [0.5, 0.6) is 5.75 Å². The van der Waals surface area contributed by atoms with E-state index in [9.17, 15) is 28.6 Å². The lowest BCUT2D eigenvalue weighted by molar-refractivity contribution is -0.132. The molecule has 1 aliphatic carbocycles. The number of benzene rings is 3. The van der Waals surface area contributed by atoms with Gasteiger partial charge in [0.1, 0.15) is 11.5 Å². The van der Waals surface area contributed by atoms with Crippen LogP contribution in [0.1, 0.15) is 41.1 Å². The minimum atomic E-state index is -1.18. The summed E-state index contributed by atoms with van der Waals surface area (Å²) in [6.07, 6.45) is 3.92. The molecular formula is C27H21F2NO4. The first-order valence-corrected chi connectivity index (χ1v) is 11.0. The molecule has 1 fully saturated rings. The molecule has 1 saturated heterocycles. The van der Waals surface area contributed by atoms with Crippen molar-refractivity contribution in [2.24, 2.45) is 0 Å². The highest BCUT2D eigenvalue weighted by Crippen LogP contribution is 2.43. The van der Waals surface area contributed by atoms with Crippen molar-refractivity contribution in [1.82, 2.24) is 0 Å². The quantitative estimate of drug-likeness (QED) is 0.320. The predicted octanol–water partition coefficient (Wildman–Crippen LogP) is 5.18. The van der Waals surface area contributed by atoms with Crippen molar-refractivity contribution < 1.29 is 28.6 Å². The molecule has 3 aromatic carbocycles. The third-order valence-electron chi connectivity index (χ3n) is 6.43. The number of hydrogen-bond acceptors (Lipinski definition) is 4. The Kier molecular flexibility index (Phi) is 5.40. The van der Waals surface area contributed by atoms with Gasteiger partial charge in [-0.2, -0.15) is 0 Å². The molecule has 1 amide bonds. The van der Waals surface area contributed by atoms with E-state index in [1.807, 2.05) is 12.1 Å². The van der Waals surface area contributed by atoms with Gasteiger partial charge in [0.15, 0.2) is 11.6 Å². The topological polar surface area (TPSA) is 77.8 Å². The van der Waals surface area contributed by atoms with Crippen LogP contribution in [-0.2, 0) is 22.4 Å². The zero-order valence-electron chi connectivity index (χ0n) is 18.1. The molecule has 1 atom stereocenters. The van der Waals surface area contributed by atoms with E-state index in [1.54, 1.807) is 12.1 Å². The maximum absolute atomic E-state index is 14.0. The molecule has 0 aromatic heterocycles. The van der Waals surface area contributed by atoms with E-state index in [0.717, 1.165) is 48.3 Å². The van der Waals surface area contributed by atoms with Crippen LogP contribution in [0.15, 0.2) is 66.2 Å². The predicted molar refractivity (Wildman–Crippen MR) is 122 cm³/mol. The second kappa shape index (κ2) is 8.41. The Hall–Kier alpha value is -4.00. The molecule has 5 nitrogen and oxygen atoms in total. The van der Waals surface area contributed by atoms with Gasteiger partial charge in [-0.3, -0.25) is 14.5 Å². The molecule has 5 rings (SSSR count). The van der Waals surface area contributed by atoms with Crippen molar-refractivity contribution in [3.05, 3.63) is 100 Å². The lowest BCUT2D eigenvalue weighted by Crippen LogP contribution is -2.29. The van der Waals surface area contributed by atoms with E-state index in [2.05, 4.69) is 0 Å². The number of carbonyl (C=O) groups excluding carboxylic acids is 2. The molecule has 0 bridgehead atoms. The molecule has 2 N–H and O–H groups in total. The highest BCUT2D eigenvalue weighted by atomic mass is 19.2. The average Bonchev–Trinajstić information content (AvgIpc) is 3.10. The summed E-state index contributed by atoms with van der Waals surface area (Å²) in [7, 11) is 0. The summed E-state index contributed by atoms with van der Waals surface area (Å²) < 4.78 is 27.6. The van der Waals surface area contributed by atoms with Gasteiger partial charge in [-0.15, -0.1) is 0 Å². The van der Waals surface area contributed by atoms with Gasteiger partial charge in [-0.05, 0) is 72.7 Å².